The van der Waals surface area contributed by atoms with E-state index in [0.717, 1.165) is 36.4 Å². The van der Waals surface area contributed by atoms with Crippen LogP contribution in [-0.2, 0) is 4.79 Å². The fourth-order valence-electron chi connectivity index (χ4n) is 2.23. The van der Waals surface area contributed by atoms with E-state index in [2.05, 4.69) is 12.2 Å². The van der Waals surface area contributed by atoms with Gasteiger partial charge in [0.15, 0.2) is 0 Å². The molecule has 0 saturated carbocycles. The van der Waals surface area contributed by atoms with Gasteiger partial charge in [-0.25, -0.2) is 0 Å². The van der Waals surface area contributed by atoms with Crippen LogP contribution >= 0.6 is 0 Å². The van der Waals surface area contributed by atoms with Gasteiger partial charge in [0.05, 0.1) is 0 Å². The van der Waals surface area contributed by atoms with E-state index in [1.807, 2.05) is 54.6 Å². The van der Waals surface area contributed by atoms with Crippen molar-refractivity contribution < 1.29 is 14.3 Å². The van der Waals surface area contributed by atoms with E-state index in [0.29, 0.717) is 19.6 Å². The molecule has 4 heteroatoms. The fourth-order valence-corrected chi connectivity index (χ4v) is 2.23. The molecule has 0 radical (unpaired) electrons. The maximum absolute atomic E-state index is 11.8. The van der Waals surface area contributed by atoms with E-state index in [1.54, 1.807) is 0 Å². The molecule has 1 amide bonds. The number of benzene rings is 2. The average Bonchev–Trinajstić information content (AvgIpc) is 2.61. The largest absolute Gasteiger partial charge is 0.490 e. The molecule has 0 aromatic heterocycles. The second kappa shape index (κ2) is 10.3. The van der Waals surface area contributed by atoms with Crippen LogP contribution in [0.25, 0.3) is 0 Å². The van der Waals surface area contributed by atoms with Crippen molar-refractivity contribution in [2.24, 2.45) is 0 Å². The zero-order valence-electron chi connectivity index (χ0n) is 14.2. The van der Waals surface area contributed by atoms with Crippen LogP contribution in [0.3, 0.4) is 0 Å². The summed E-state index contributed by atoms with van der Waals surface area (Å²) in [6.45, 7) is 3.08. The van der Waals surface area contributed by atoms with E-state index in [9.17, 15) is 4.79 Å². The van der Waals surface area contributed by atoms with Crippen molar-refractivity contribution in [3.05, 3.63) is 54.6 Å². The summed E-state index contributed by atoms with van der Waals surface area (Å²) < 4.78 is 11.2. The van der Waals surface area contributed by atoms with Crippen LogP contribution in [-0.4, -0.2) is 19.1 Å². The van der Waals surface area contributed by atoms with Crippen LogP contribution in [0.1, 0.15) is 32.6 Å². The molecule has 1 N–H and O–H groups in total. The number of ether oxygens (including phenoxy) is 2. The molecule has 0 aliphatic carbocycles. The Hall–Kier alpha value is -2.49. The van der Waals surface area contributed by atoms with Crippen molar-refractivity contribution in [3.63, 3.8) is 0 Å². The number of nitrogens with one attached hydrogen (secondary N) is 1. The second-order valence-electron chi connectivity index (χ2n) is 5.54. The molecule has 0 spiro atoms. The van der Waals surface area contributed by atoms with Gasteiger partial charge in [-0.2, -0.15) is 0 Å². The van der Waals surface area contributed by atoms with Crippen LogP contribution in [0, 0.1) is 0 Å². The number of para-hydroxylation sites is 1. The molecule has 0 atom stereocenters. The Morgan fingerprint density at radius 2 is 1.50 bits per heavy atom. The quantitative estimate of drug-likeness (QED) is 0.645. The molecular weight excluding hydrogens is 302 g/mol. The molecule has 4 nitrogen and oxygen atoms in total. The van der Waals surface area contributed by atoms with Crippen molar-refractivity contribution in [1.29, 1.82) is 0 Å². The van der Waals surface area contributed by atoms with E-state index < -0.39 is 0 Å². The van der Waals surface area contributed by atoms with Gasteiger partial charge in [-0.3, -0.25) is 4.79 Å². The SMILES string of the molecule is CCCCCC(=O)Nc1ccc(OCCOc2ccccc2)cc1. The highest BCUT2D eigenvalue weighted by molar-refractivity contribution is 5.90. The van der Waals surface area contributed by atoms with Gasteiger partial charge >= 0.3 is 0 Å². The Morgan fingerprint density at radius 3 is 2.12 bits per heavy atom. The van der Waals surface area contributed by atoms with Crippen molar-refractivity contribution in [3.8, 4) is 11.5 Å². The number of unbranched alkanes of at least 4 members (excludes halogenated alkanes) is 2. The summed E-state index contributed by atoms with van der Waals surface area (Å²) in [6.07, 6.45) is 3.71. The predicted molar refractivity (Wildman–Crippen MR) is 96.6 cm³/mol. The maximum atomic E-state index is 11.8. The van der Waals surface area contributed by atoms with Crippen LogP contribution in [0.15, 0.2) is 54.6 Å². The van der Waals surface area contributed by atoms with Gasteiger partial charge in [0.2, 0.25) is 5.91 Å². The lowest BCUT2D eigenvalue weighted by molar-refractivity contribution is -0.116. The molecule has 2 rings (SSSR count). The summed E-state index contributed by atoms with van der Waals surface area (Å²) in [5.41, 5.74) is 0.796. The van der Waals surface area contributed by atoms with Crippen molar-refractivity contribution in [1.82, 2.24) is 0 Å². The first-order valence-electron chi connectivity index (χ1n) is 8.48. The molecule has 0 aliphatic heterocycles. The zero-order chi connectivity index (χ0) is 17.0. The van der Waals surface area contributed by atoms with Crippen molar-refractivity contribution >= 4 is 11.6 Å². The van der Waals surface area contributed by atoms with Gasteiger partial charge in [0.1, 0.15) is 24.7 Å². The predicted octanol–water partition coefficient (Wildman–Crippen LogP) is 4.66. The van der Waals surface area contributed by atoms with Gasteiger partial charge in [-0.15, -0.1) is 0 Å². The number of amides is 1. The Labute approximate surface area is 143 Å². The molecule has 0 heterocycles. The second-order valence-corrected chi connectivity index (χ2v) is 5.54. The molecule has 0 bridgehead atoms. The van der Waals surface area contributed by atoms with E-state index >= 15 is 0 Å². The lowest BCUT2D eigenvalue weighted by atomic mass is 10.2. The summed E-state index contributed by atoms with van der Waals surface area (Å²) in [5.74, 6) is 1.66. The van der Waals surface area contributed by atoms with E-state index in [-0.39, 0.29) is 5.91 Å². The maximum Gasteiger partial charge on any atom is 0.224 e. The molecule has 2 aromatic rings. The Bertz CT molecular complexity index is 596. The average molecular weight is 327 g/mol. The Morgan fingerprint density at radius 1 is 0.875 bits per heavy atom. The molecular formula is C20H25NO3. The van der Waals surface area contributed by atoms with Gasteiger partial charge < -0.3 is 14.8 Å². The molecule has 0 fully saturated rings. The van der Waals surface area contributed by atoms with Crippen LogP contribution in [0.2, 0.25) is 0 Å². The van der Waals surface area contributed by atoms with Gasteiger partial charge in [-0.05, 0) is 42.8 Å². The number of rotatable bonds is 10. The molecule has 24 heavy (non-hydrogen) atoms. The number of hydrogen-bond acceptors (Lipinski definition) is 3. The third-order valence-electron chi connectivity index (χ3n) is 3.51. The van der Waals surface area contributed by atoms with E-state index in [4.69, 9.17) is 9.47 Å². The summed E-state index contributed by atoms with van der Waals surface area (Å²) in [6, 6.07) is 17.1. The number of carbonyl (C=O) groups excluding carboxylic acids is 1. The first-order valence-corrected chi connectivity index (χ1v) is 8.48. The Kier molecular flexibility index (Phi) is 7.68. The topological polar surface area (TPSA) is 47.6 Å². The zero-order valence-corrected chi connectivity index (χ0v) is 14.2. The summed E-state index contributed by atoms with van der Waals surface area (Å²) in [4.78, 5) is 11.8. The van der Waals surface area contributed by atoms with Crippen molar-refractivity contribution in [2.75, 3.05) is 18.5 Å². The summed E-state index contributed by atoms with van der Waals surface area (Å²) in [5, 5.41) is 2.90. The fraction of sp³-hybridized carbons (Fsp3) is 0.350. The van der Waals surface area contributed by atoms with Crippen molar-refractivity contribution in [2.45, 2.75) is 32.6 Å². The highest BCUT2D eigenvalue weighted by Crippen LogP contribution is 2.16. The molecule has 2 aromatic carbocycles. The Balaban J connectivity index is 1.67. The summed E-state index contributed by atoms with van der Waals surface area (Å²) >= 11 is 0. The molecule has 0 unspecified atom stereocenters. The molecule has 128 valence electrons. The monoisotopic (exact) mass is 327 g/mol. The third-order valence-corrected chi connectivity index (χ3v) is 3.51. The molecule has 0 aliphatic rings. The lowest BCUT2D eigenvalue weighted by Crippen LogP contribution is -2.11. The van der Waals surface area contributed by atoms with Crippen LogP contribution in [0.4, 0.5) is 5.69 Å². The third kappa shape index (κ3) is 6.73. The summed E-state index contributed by atoms with van der Waals surface area (Å²) in [7, 11) is 0. The van der Waals surface area contributed by atoms with Crippen LogP contribution < -0.4 is 14.8 Å². The number of hydrogen-bond donors (Lipinski definition) is 1. The standard InChI is InChI=1S/C20H25NO3/c1-2-3-5-10-20(22)21-17-11-13-19(14-12-17)24-16-15-23-18-8-6-4-7-9-18/h4,6-9,11-14H,2-3,5,10,15-16H2,1H3,(H,21,22). The highest BCUT2D eigenvalue weighted by Gasteiger charge is 2.02. The molecule has 0 saturated heterocycles. The van der Waals surface area contributed by atoms with E-state index in [1.165, 1.54) is 0 Å². The first kappa shape index (κ1) is 17.9. The van der Waals surface area contributed by atoms with Gasteiger partial charge in [0.25, 0.3) is 0 Å². The smallest absolute Gasteiger partial charge is 0.224 e. The number of carbonyl (C=O) groups is 1. The normalized spacial score (nSPS) is 10.2. The lowest BCUT2D eigenvalue weighted by Gasteiger charge is -2.09. The first-order chi connectivity index (χ1) is 11.8. The van der Waals surface area contributed by atoms with Gasteiger partial charge in [0, 0.05) is 12.1 Å². The van der Waals surface area contributed by atoms with Crippen LogP contribution in [0.5, 0.6) is 11.5 Å². The minimum absolute atomic E-state index is 0.0633. The van der Waals surface area contributed by atoms with Gasteiger partial charge in [-0.1, -0.05) is 38.0 Å². The minimum atomic E-state index is 0.0633. The minimum Gasteiger partial charge on any atom is -0.490 e. The highest BCUT2D eigenvalue weighted by atomic mass is 16.5. The number of anilines is 1.